The van der Waals surface area contributed by atoms with Crippen LogP contribution in [-0.2, 0) is 19.2 Å². The molecule has 2 fully saturated rings. The SMILES string of the molecule is CCC(C#N)C[Si](C)(C)C1CC1.CCCC#N.C[Si](C)(CCl)C1CC1.O=C=O.O=C=O. The summed E-state index contributed by atoms with van der Waals surface area (Å²) in [6.45, 7) is 13.8. The van der Waals surface area contributed by atoms with Crippen LogP contribution in [-0.4, -0.2) is 34.0 Å². The molecule has 176 valence electrons. The Kier molecular flexibility index (Phi) is 22.4. The molecule has 0 N–H and O–H groups in total. The number of rotatable bonds is 7. The first-order chi connectivity index (χ1) is 14.5. The molecule has 6 nitrogen and oxygen atoms in total. The highest BCUT2D eigenvalue weighted by atomic mass is 35.5. The normalized spacial score (nSPS) is 14.9. The lowest BCUT2D eigenvalue weighted by Crippen LogP contribution is -2.28. The fourth-order valence-corrected chi connectivity index (χ4v) is 9.35. The van der Waals surface area contributed by atoms with Crippen molar-refractivity contribution >= 4 is 40.1 Å². The number of carbonyl (C=O) groups excluding carboxylic acids is 4. The van der Waals surface area contributed by atoms with Gasteiger partial charge < -0.3 is 0 Å². The maximum Gasteiger partial charge on any atom is 0.373 e. The second-order valence-corrected chi connectivity index (χ2v) is 20.2. The Morgan fingerprint density at radius 2 is 1.26 bits per heavy atom. The van der Waals surface area contributed by atoms with Crippen molar-refractivity contribution in [3.05, 3.63) is 0 Å². The third-order valence-electron chi connectivity index (χ3n) is 5.52. The molecule has 0 heterocycles. The first-order valence-electron chi connectivity index (χ1n) is 10.8. The monoisotopic (exact) mass is 486 g/mol. The highest BCUT2D eigenvalue weighted by Gasteiger charge is 2.40. The summed E-state index contributed by atoms with van der Waals surface area (Å²) in [5.41, 5.74) is 3.07. The summed E-state index contributed by atoms with van der Waals surface area (Å²) in [7, 11) is -1.88. The fraction of sp³-hybridized carbons (Fsp3) is 0.818. The molecular weight excluding hydrogens is 448 g/mol. The van der Waals surface area contributed by atoms with Gasteiger partial charge in [0.1, 0.15) is 0 Å². The van der Waals surface area contributed by atoms with Crippen LogP contribution < -0.4 is 0 Å². The molecule has 0 amide bonds. The van der Waals surface area contributed by atoms with Gasteiger partial charge in [-0.25, -0.2) is 0 Å². The number of alkyl halides is 1. The molecule has 0 aromatic rings. The molecule has 2 aliphatic carbocycles. The molecule has 0 aromatic heterocycles. The largest absolute Gasteiger partial charge is 0.373 e. The molecule has 1 unspecified atom stereocenters. The third kappa shape index (κ3) is 21.5. The van der Waals surface area contributed by atoms with E-state index in [-0.39, 0.29) is 12.3 Å². The Morgan fingerprint density at radius 1 is 0.871 bits per heavy atom. The molecule has 1 atom stereocenters. The minimum Gasteiger partial charge on any atom is -0.198 e. The number of hydrogen-bond donors (Lipinski definition) is 0. The van der Waals surface area contributed by atoms with Gasteiger partial charge in [0, 0.05) is 17.8 Å². The van der Waals surface area contributed by atoms with Crippen LogP contribution in [0.25, 0.3) is 0 Å². The van der Waals surface area contributed by atoms with Crippen molar-refractivity contribution in [1.82, 2.24) is 0 Å². The molecule has 0 aromatic carbocycles. The van der Waals surface area contributed by atoms with Crippen LogP contribution in [0.1, 0.15) is 58.8 Å². The van der Waals surface area contributed by atoms with Crippen LogP contribution in [0.15, 0.2) is 0 Å². The van der Waals surface area contributed by atoms with Crippen molar-refractivity contribution < 1.29 is 19.2 Å². The Labute approximate surface area is 195 Å². The second-order valence-electron chi connectivity index (χ2n) is 9.17. The Morgan fingerprint density at radius 3 is 1.42 bits per heavy atom. The van der Waals surface area contributed by atoms with E-state index in [4.69, 9.17) is 41.3 Å². The van der Waals surface area contributed by atoms with Crippen molar-refractivity contribution in [1.29, 1.82) is 10.5 Å². The summed E-state index contributed by atoms with van der Waals surface area (Å²) < 4.78 is 0. The van der Waals surface area contributed by atoms with Crippen LogP contribution in [0.3, 0.4) is 0 Å². The van der Waals surface area contributed by atoms with E-state index < -0.39 is 16.1 Å². The predicted molar refractivity (Wildman–Crippen MR) is 126 cm³/mol. The molecule has 0 saturated heterocycles. The summed E-state index contributed by atoms with van der Waals surface area (Å²) in [6.07, 6.45) is 9.04. The highest BCUT2D eigenvalue weighted by Crippen LogP contribution is 2.48. The molecule has 0 bridgehead atoms. The van der Waals surface area contributed by atoms with E-state index in [1.165, 1.54) is 31.7 Å². The highest BCUT2D eigenvalue weighted by molar-refractivity contribution is 6.84. The molecule has 9 heteroatoms. The van der Waals surface area contributed by atoms with E-state index in [2.05, 4.69) is 39.2 Å². The van der Waals surface area contributed by atoms with E-state index in [1.807, 2.05) is 13.0 Å². The van der Waals surface area contributed by atoms with Crippen molar-refractivity contribution in [2.24, 2.45) is 5.92 Å². The Balaban J connectivity index is -0.000000357. The van der Waals surface area contributed by atoms with Crippen molar-refractivity contribution in [3.8, 4) is 12.1 Å². The minimum absolute atomic E-state index is 0.250. The zero-order valence-corrected chi connectivity index (χ0v) is 22.8. The summed E-state index contributed by atoms with van der Waals surface area (Å²) in [5.74, 6) is 0.340. The van der Waals surface area contributed by atoms with Gasteiger partial charge in [-0.3, -0.25) is 0 Å². The van der Waals surface area contributed by atoms with E-state index in [9.17, 15) is 0 Å². The molecule has 0 radical (unpaired) electrons. The molecule has 0 spiro atoms. The lowest BCUT2D eigenvalue weighted by Gasteiger charge is -2.23. The Hall–Kier alpha value is -1.54. The van der Waals surface area contributed by atoms with Crippen molar-refractivity contribution in [2.45, 2.75) is 102 Å². The lowest BCUT2D eigenvalue weighted by atomic mass is 10.1. The maximum atomic E-state index is 8.86. The van der Waals surface area contributed by atoms with Crippen LogP contribution >= 0.6 is 11.6 Å². The first-order valence-corrected chi connectivity index (χ1v) is 17.9. The zero-order valence-electron chi connectivity index (χ0n) is 20.0. The van der Waals surface area contributed by atoms with Crippen LogP contribution in [0, 0.1) is 28.6 Å². The smallest absolute Gasteiger partial charge is 0.198 e. The van der Waals surface area contributed by atoms with Gasteiger partial charge in [-0.1, -0.05) is 65.7 Å². The number of halogens is 1. The van der Waals surface area contributed by atoms with Gasteiger partial charge in [0.2, 0.25) is 0 Å². The van der Waals surface area contributed by atoms with Gasteiger partial charge in [0.15, 0.2) is 0 Å². The van der Waals surface area contributed by atoms with E-state index >= 15 is 0 Å². The number of nitriles is 2. The standard InChI is InChI=1S/C10H19NSi.C6H13ClSi.C4H7N.2CO2/c1-4-9(7-11)8-12(2,3)10-5-6-10;1-8(2,5-7)6-3-4-6;1-2-3-4-5;2*2-1-3/h9-10H,4-6,8H2,1-3H3;6H,3-5H2,1-2H3;2-3H2,1H3;;. The van der Waals surface area contributed by atoms with Gasteiger partial charge in [0.25, 0.3) is 0 Å². The maximum absolute atomic E-state index is 8.86. The summed E-state index contributed by atoms with van der Waals surface area (Å²) in [5, 5.41) is 16.7. The lowest BCUT2D eigenvalue weighted by molar-refractivity contribution is -0.193. The van der Waals surface area contributed by atoms with E-state index in [0.717, 1.165) is 29.4 Å². The van der Waals surface area contributed by atoms with Crippen LogP contribution in [0.2, 0.25) is 43.3 Å². The Bertz CT molecular complexity index is 598. The number of nitrogens with zero attached hydrogens (tertiary/aromatic N) is 2. The van der Waals surface area contributed by atoms with Gasteiger partial charge in [-0.15, -0.1) is 11.6 Å². The first kappa shape index (κ1) is 34.1. The quantitative estimate of drug-likeness (QED) is 0.313. The second kappa shape index (κ2) is 20.4. The average Bonchev–Trinajstić information content (AvgIpc) is 3.61. The predicted octanol–water partition coefficient (Wildman–Crippen LogP) is 6.19. The fourth-order valence-electron chi connectivity index (χ4n) is 3.03. The molecule has 0 aliphatic heterocycles. The van der Waals surface area contributed by atoms with Gasteiger partial charge in [-0.05, 0) is 30.0 Å². The molecule has 2 aliphatic rings. The molecule has 31 heavy (non-hydrogen) atoms. The topological polar surface area (TPSA) is 116 Å². The van der Waals surface area contributed by atoms with Gasteiger partial charge in [-0.2, -0.15) is 29.7 Å². The minimum atomic E-state index is -0.997. The van der Waals surface area contributed by atoms with E-state index in [1.54, 1.807) is 0 Å². The summed E-state index contributed by atoms with van der Waals surface area (Å²) in [4.78, 5) is 32.5. The number of unbranched alkanes of at least 4 members (excludes halogenated alkanes) is 1. The van der Waals surface area contributed by atoms with Crippen molar-refractivity contribution in [3.63, 3.8) is 0 Å². The average molecular weight is 487 g/mol. The molecule has 2 rings (SSSR count). The molecule has 2 saturated carbocycles. The van der Waals surface area contributed by atoms with Crippen LogP contribution in [0.4, 0.5) is 0 Å². The third-order valence-corrected chi connectivity index (χ3v) is 15.4. The van der Waals surface area contributed by atoms with Gasteiger partial charge in [0.05, 0.1) is 28.3 Å². The molecular formula is C22H39ClN2O4Si2. The van der Waals surface area contributed by atoms with Crippen molar-refractivity contribution in [2.75, 3.05) is 5.50 Å². The van der Waals surface area contributed by atoms with Crippen LogP contribution in [0.5, 0.6) is 0 Å². The van der Waals surface area contributed by atoms with Gasteiger partial charge >= 0.3 is 12.3 Å². The summed E-state index contributed by atoms with van der Waals surface area (Å²) in [6, 6.07) is 5.67. The summed E-state index contributed by atoms with van der Waals surface area (Å²) >= 11 is 5.79. The number of hydrogen-bond acceptors (Lipinski definition) is 6. The van der Waals surface area contributed by atoms with E-state index in [0.29, 0.717) is 12.3 Å². The zero-order chi connectivity index (χ0) is 24.9.